The van der Waals surface area contributed by atoms with Crippen molar-refractivity contribution in [2.24, 2.45) is 0 Å². The van der Waals surface area contributed by atoms with Gasteiger partial charge in [0, 0.05) is 13.5 Å². The number of halogens is 2. The summed E-state index contributed by atoms with van der Waals surface area (Å²) >= 11 is 0. The topological polar surface area (TPSA) is 26.3 Å². The van der Waals surface area contributed by atoms with Crippen molar-refractivity contribution in [1.29, 1.82) is 0 Å². The number of Topliss-reactive ketones (excluding diaryl/α,β-unsaturated/α-hetero) is 1. The first-order chi connectivity index (χ1) is 5.39. The van der Waals surface area contributed by atoms with Crippen molar-refractivity contribution in [3.05, 3.63) is 0 Å². The first kappa shape index (κ1) is 11.5. The summed E-state index contributed by atoms with van der Waals surface area (Å²) in [5.74, 6) is -1.01. The zero-order valence-electron chi connectivity index (χ0n) is 7.56. The van der Waals surface area contributed by atoms with E-state index in [-0.39, 0.29) is 6.42 Å². The van der Waals surface area contributed by atoms with E-state index >= 15 is 0 Å². The van der Waals surface area contributed by atoms with Crippen LogP contribution in [0.5, 0.6) is 0 Å². The summed E-state index contributed by atoms with van der Waals surface area (Å²) in [6.45, 7) is 3.51. The lowest BCUT2D eigenvalue weighted by Crippen LogP contribution is -2.24. The molecule has 0 atom stereocenters. The highest BCUT2D eigenvalue weighted by atomic mass is 19.3. The molecule has 0 aromatic rings. The molecule has 0 spiro atoms. The van der Waals surface area contributed by atoms with Gasteiger partial charge >= 0.3 is 0 Å². The Labute approximate surface area is 70.9 Å². The Morgan fingerprint density at radius 3 is 2.33 bits per heavy atom. The third-order valence-electron chi connectivity index (χ3n) is 1.77. The van der Waals surface area contributed by atoms with Crippen LogP contribution in [0.2, 0.25) is 0 Å². The number of carbonyl (C=O) groups excluding carboxylic acids is 1. The Morgan fingerprint density at radius 2 is 2.00 bits per heavy atom. The van der Waals surface area contributed by atoms with E-state index < -0.39 is 17.8 Å². The summed E-state index contributed by atoms with van der Waals surface area (Å²) in [4.78, 5) is 10.5. The van der Waals surface area contributed by atoms with Crippen LogP contribution in [0, 0.1) is 0 Å². The van der Waals surface area contributed by atoms with Crippen molar-refractivity contribution in [2.45, 2.75) is 38.7 Å². The van der Waals surface area contributed by atoms with Crippen molar-refractivity contribution in [3.8, 4) is 0 Å². The predicted octanol–water partition coefficient (Wildman–Crippen LogP) is 2.03. The number of alkyl halides is 2. The lowest BCUT2D eigenvalue weighted by atomic mass is 10.0. The normalized spacial score (nSPS) is 12.2. The van der Waals surface area contributed by atoms with Crippen LogP contribution in [0.4, 0.5) is 8.78 Å². The molecule has 4 heteroatoms. The molecule has 0 aliphatic heterocycles. The van der Waals surface area contributed by atoms with E-state index in [0.717, 1.165) is 0 Å². The van der Waals surface area contributed by atoms with Crippen LogP contribution in [0.3, 0.4) is 0 Å². The molecule has 0 aromatic carbocycles. The molecule has 2 nitrogen and oxygen atoms in total. The first-order valence-corrected chi connectivity index (χ1v) is 3.75. The van der Waals surface area contributed by atoms with Gasteiger partial charge in [0.25, 0.3) is 6.43 Å². The molecule has 0 heterocycles. The second kappa shape index (κ2) is 4.50. The van der Waals surface area contributed by atoms with E-state index in [9.17, 15) is 13.6 Å². The first-order valence-electron chi connectivity index (χ1n) is 3.75. The van der Waals surface area contributed by atoms with Gasteiger partial charge in [-0.2, -0.15) is 0 Å². The molecule has 0 amide bonds. The molecule has 0 rings (SSSR count). The molecular formula is C8H14F2O2. The van der Waals surface area contributed by atoms with Gasteiger partial charge in [-0.25, -0.2) is 8.78 Å². The van der Waals surface area contributed by atoms with E-state index in [1.807, 2.05) is 0 Å². The van der Waals surface area contributed by atoms with Crippen LogP contribution in [0.15, 0.2) is 0 Å². The van der Waals surface area contributed by atoms with Gasteiger partial charge in [0.05, 0.1) is 5.60 Å². The minimum absolute atomic E-state index is 0.126. The van der Waals surface area contributed by atoms with E-state index in [1.54, 1.807) is 13.8 Å². The molecule has 0 bridgehead atoms. The number of methoxy groups -OCH3 is 1. The number of carbonyl (C=O) groups is 1. The van der Waals surface area contributed by atoms with Gasteiger partial charge in [0.15, 0.2) is 5.78 Å². The predicted molar refractivity (Wildman–Crippen MR) is 41.3 cm³/mol. The minimum Gasteiger partial charge on any atom is -0.379 e. The maximum Gasteiger partial charge on any atom is 0.295 e. The summed E-state index contributed by atoms with van der Waals surface area (Å²) in [6.07, 6.45) is -2.65. The Bertz CT molecular complexity index is 155. The monoisotopic (exact) mass is 180 g/mol. The van der Waals surface area contributed by atoms with Crippen molar-refractivity contribution in [1.82, 2.24) is 0 Å². The zero-order chi connectivity index (χ0) is 9.78. The smallest absolute Gasteiger partial charge is 0.295 e. The van der Waals surface area contributed by atoms with Crippen molar-refractivity contribution >= 4 is 5.78 Å². The van der Waals surface area contributed by atoms with E-state index in [2.05, 4.69) is 0 Å². The summed E-state index contributed by atoms with van der Waals surface area (Å²) in [6, 6.07) is 0. The highest BCUT2D eigenvalue weighted by Gasteiger charge is 2.21. The molecular weight excluding hydrogens is 166 g/mol. The fraction of sp³-hybridized carbons (Fsp3) is 0.875. The Morgan fingerprint density at radius 1 is 1.50 bits per heavy atom. The van der Waals surface area contributed by atoms with Gasteiger partial charge in [-0.15, -0.1) is 0 Å². The molecule has 0 fully saturated rings. The maximum atomic E-state index is 11.7. The average molecular weight is 180 g/mol. The van der Waals surface area contributed by atoms with Gasteiger partial charge in [-0.1, -0.05) is 0 Å². The minimum atomic E-state index is -2.85. The highest BCUT2D eigenvalue weighted by molar-refractivity contribution is 5.81. The summed E-state index contributed by atoms with van der Waals surface area (Å²) in [7, 11) is 1.49. The zero-order valence-corrected chi connectivity index (χ0v) is 7.56. The summed E-state index contributed by atoms with van der Waals surface area (Å²) in [5, 5.41) is 0. The van der Waals surface area contributed by atoms with Crippen LogP contribution < -0.4 is 0 Å². The van der Waals surface area contributed by atoms with Crippen molar-refractivity contribution < 1.29 is 18.3 Å². The summed E-state index contributed by atoms with van der Waals surface area (Å²) in [5.41, 5.74) is -0.495. The third kappa shape index (κ3) is 4.38. The molecule has 12 heavy (non-hydrogen) atoms. The van der Waals surface area contributed by atoms with E-state index in [1.165, 1.54) is 7.11 Å². The van der Waals surface area contributed by atoms with E-state index in [0.29, 0.717) is 6.42 Å². The molecule has 72 valence electrons. The third-order valence-corrected chi connectivity index (χ3v) is 1.77. The van der Waals surface area contributed by atoms with Gasteiger partial charge in [0.2, 0.25) is 0 Å². The average Bonchev–Trinajstić information content (AvgIpc) is 2.00. The number of ketones is 1. The molecule has 0 aliphatic carbocycles. The van der Waals surface area contributed by atoms with Crippen LogP contribution in [0.1, 0.15) is 26.7 Å². The number of hydrogen-bond donors (Lipinski definition) is 0. The fourth-order valence-electron chi connectivity index (χ4n) is 0.635. The number of hydrogen-bond acceptors (Lipinski definition) is 2. The van der Waals surface area contributed by atoms with Crippen LogP contribution in [0.25, 0.3) is 0 Å². The number of rotatable bonds is 5. The molecule has 0 saturated carbocycles. The van der Waals surface area contributed by atoms with Gasteiger partial charge in [-0.3, -0.25) is 4.79 Å². The Hall–Kier alpha value is -0.510. The van der Waals surface area contributed by atoms with Gasteiger partial charge < -0.3 is 4.74 Å². The SMILES string of the molecule is COC(C)(C)CCC(=O)C(F)F. The standard InChI is InChI=1S/C8H14F2O2/c1-8(2,12-3)5-4-6(11)7(9)10/h7H,4-5H2,1-3H3. The number of ether oxygens (including phenoxy) is 1. The second-order valence-electron chi connectivity index (χ2n) is 3.23. The van der Waals surface area contributed by atoms with Crippen LogP contribution >= 0.6 is 0 Å². The molecule has 0 aliphatic rings. The highest BCUT2D eigenvalue weighted by Crippen LogP contribution is 2.16. The van der Waals surface area contributed by atoms with Crippen LogP contribution in [-0.4, -0.2) is 24.9 Å². The largest absolute Gasteiger partial charge is 0.379 e. The van der Waals surface area contributed by atoms with Crippen molar-refractivity contribution in [3.63, 3.8) is 0 Å². The van der Waals surface area contributed by atoms with Crippen molar-refractivity contribution in [2.75, 3.05) is 7.11 Å². The quantitative estimate of drug-likeness (QED) is 0.647. The van der Waals surface area contributed by atoms with Gasteiger partial charge in [-0.05, 0) is 20.3 Å². The lowest BCUT2D eigenvalue weighted by Gasteiger charge is -2.21. The van der Waals surface area contributed by atoms with Gasteiger partial charge in [0.1, 0.15) is 0 Å². The van der Waals surface area contributed by atoms with E-state index in [4.69, 9.17) is 4.74 Å². The Kier molecular flexibility index (Phi) is 4.31. The molecule has 0 unspecified atom stereocenters. The molecule has 0 radical (unpaired) electrons. The van der Waals surface area contributed by atoms with Crippen LogP contribution in [-0.2, 0) is 9.53 Å². The maximum absolute atomic E-state index is 11.7. The second-order valence-corrected chi connectivity index (χ2v) is 3.23. The molecule has 0 saturated heterocycles. The Balaban J connectivity index is 3.76. The summed E-state index contributed by atoms with van der Waals surface area (Å²) < 4.78 is 28.4. The molecule has 0 aromatic heterocycles. The lowest BCUT2D eigenvalue weighted by molar-refractivity contribution is -0.130. The fourth-order valence-corrected chi connectivity index (χ4v) is 0.635. The molecule has 0 N–H and O–H groups in total.